The molecule has 0 spiro atoms. The lowest BCUT2D eigenvalue weighted by Crippen LogP contribution is -2.55. The normalized spacial score (nSPS) is 23.5. The van der Waals surface area contributed by atoms with Gasteiger partial charge in [-0.1, -0.05) is 6.07 Å². The van der Waals surface area contributed by atoms with E-state index in [0.29, 0.717) is 42.3 Å². The van der Waals surface area contributed by atoms with Gasteiger partial charge in [-0.3, -0.25) is 9.69 Å². The van der Waals surface area contributed by atoms with Crippen LogP contribution in [0.25, 0.3) is 0 Å². The van der Waals surface area contributed by atoms with Crippen LogP contribution >= 0.6 is 0 Å². The van der Waals surface area contributed by atoms with Gasteiger partial charge in [-0.05, 0) is 63.6 Å². The van der Waals surface area contributed by atoms with Gasteiger partial charge in [0, 0.05) is 30.4 Å². The molecular weight excluding hydrogens is 438 g/mol. The number of nitrogens with one attached hydrogen (secondary N) is 3. The highest BCUT2D eigenvalue weighted by Gasteiger charge is 2.49. The molecule has 32 heavy (non-hydrogen) atoms. The van der Waals surface area contributed by atoms with Gasteiger partial charge in [0.15, 0.2) is 0 Å². The van der Waals surface area contributed by atoms with E-state index in [2.05, 4.69) is 16.0 Å². The van der Waals surface area contributed by atoms with Crippen LogP contribution in [-0.4, -0.2) is 44.9 Å². The van der Waals surface area contributed by atoms with E-state index in [1.807, 2.05) is 11.8 Å². The van der Waals surface area contributed by atoms with Crippen molar-refractivity contribution in [3.05, 3.63) is 47.8 Å². The van der Waals surface area contributed by atoms with Crippen molar-refractivity contribution in [2.24, 2.45) is 0 Å². The Labute approximate surface area is 186 Å². The number of rotatable bonds is 6. The molecule has 2 aromatic rings. The molecular formula is C22H26F2N4O3S. The molecule has 10 heteroatoms. The average Bonchev–Trinajstić information content (AvgIpc) is 3.00. The molecule has 2 atom stereocenters. The number of carbonyl (C=O) groups excluding carboxylic acids is 1. The number of nitrogens with zero attached hydrogens (tertiary/aromatic N) is 1. The van der Waals surface area contributed by atoms with Gasteiger partial charge in [0.05, 0.1) is 11.4 Å². The largest absolute Gasteiger partial charge is 0.384 e. The fourth-order valence-electron chi connectivity index (χ4n) is 4.60. The second-order valence-electron chi connectivity index (χ2n) is 8.33. The van der Waals surface area contributed by atoms with Crippen molar-refractivity contribution < 1.29 is 21.5 Å². The summed E-state index contributed by atoms with van der Waals surface area (Å²) in [6.07, 6.45) is 1.58. The molecule has 1 saturated heterocycles. The van der Waals surface area contributed by atoms with Crippen LogP contribution in [0.2, 0.25) is 0 Å². The fourth-order valence-corrected chi connectivity index (χ4v) is 5.11. The molecule has 1 unspecified atom stereocenters. The molecule has 1 fully saturated rings. The van der Waals surface area contributed by atoms with E-state index >= 15 is 0 Å². The van der Waals surface area contributed by atoms with E-state index in [1.165, 1.54) is 30.3 Å². The second-order valence-corrected chi connectivity index (χ2v) is 9.67. The van der Waals surface area contributed by atoms with Gasteiger partial charge >= 0.3 is 10.2 Å². The number of hydrogen-bond donors (Lipinski definition) is 3. The first-order valence-corrected chi connectivity index (χ1v) is 12.0. The SMILES string of the molecule is CCNc1cc(F)cc2c1NC(=O)[C@]2(C)N1CCCC(Nc2cccc(S(=O)(=O)F)c2)C1. The van der Waals surface area contributed by atoms with Gasteiger partial charge in [0.1, 0.15) is 16.3 Å². The number of likely N-dealkylation sites (tertiary alicyclic amines) is 1. The molecule has 1 amide bonds. The monoisotopic (exact) mass is 464 g/mol. The zero-order chi connectivity index (χ0) is 23.1. The highest BCUT2D eigenvalue weighted by Crippen LogP contribution is 2.45. The third kappa shape index (κ3) is 4.04. The maximum atomic E-state index is 14.4. The van der Waals surface area contributed by atoms with Crippen LogP contribution in [0.3, 0.4) is 0 Å². The quantitative estimate of drug-likeness (QED) is 0.566. The Hall–Kier alpha value is -2.72. The number of halogens is 2. The summed E-state index contributed by atoms with van der Waals surface area (Å²) in [5.41, 5.74) is 1.17. The molecule has 0 saturated carbocycles. The van der Waals surface area contributed by atoms with Crippen LogP contribution in [0.5, 0.6) is 0 Å². The second kappa shape index (κ2) is 8.32. The minimum absolute atomic E-state index is 0.100. The zero-order valence-corrected chi connectivity index (χ0v) is 18.7. The number of piperidine rings is 1. The first kappa shape index (κ1) is 22.5. The average molecular weight is 465 g/mol. The molecule has 0 aromatic heterocycles. The summed E-state index contributed by atoms with van der Waals surface area (Å²) in [5.74, 6) is -0.637. The number of benzene rings is 2. The van der Waals surface area contributed by atoms with Crippen LogP contribution < -0.4 is 16.0 Å². The minimum atomic E-state index is -4.80. The van der Waals surface area contributed by atoms with E-state index in [9.17, 15) is 21.5 Å². The van der Waals surface area contributed by atoms with E-state index in [4.69, 9.17) is 0 Å². The predicted molar refractivity (Wildman–Crippen MR) is 119 cm³/mol. The van der Waals surface area contributed by atoms with Crippen molar-refractivity contribution in [3.8, 4) is 0 Å². The van der Waals surface area contributed by atoms with Crippen molar-refractivity contribution in [2.75, 3.05) is 35.6 Å². The van der Waals surface area contributed by atoms with Gasteiger partial charge in [-0.15, -0.1) is 3.89 Å². The van der Waals surface area contributed by atoms with Crippen LogP contribution in [0.1, 0.15) is 32.3 Å². The summed E-state index contributed by atoms with van der Waals surface area (Å²) in [5, 5.41) is 9.27. The zero-order valence-electron chi connectivity index (χ0n) is 17.9. The number of fused-ring (bicyclic) bond motifs is 1. The van der Waals surface area contributed by atoms with Gasteiger partial charge in [0.2, 0.25) is 5.91 Å². The number of amides is 1. The highest BCUT2D eigenvalue weighted by molar-refractivity contribution is 7.86. The molecule has 2 aliphatic rings. The molecule has 0 radical (unpaired) electrons. The van der Waals surface area contributed by atoms with Crippen LogP contribution in [0.4, 0.5) is 25.3 Å². The summed E-state index contributed by atoms with van der Waals surface area (Å²) in [6.45, 7) is 5.40. The maximum absolute atomic E-state index is 14.4. The topological polar surface area (TPSA) is 90.5 Å². The molecule has 0 bridgehead atoms. The molecule has 4 rings (SSSR count). The summed E-state index contributed by atoms with van der Waals surface area (Å²) < 4.78 is 50.2. The van der Waals surface area contributed by atoms with Crippen molar-refractivity contribution >= 4 is 33.2 Å². The van der Waals surface area contributed by atoms with E-state index in [1.54, 1.807) is 13.0 Å². The lowest BCUT2D eigenvalue weighted by Gasteiger charge is -2.42. The molecule has 7 nitrogen and oxygen atoms in total. The smallest absolute Gasteiger partial charge is 0.332 e. The van der Waals surface area contributed by atoms with Gasteiger partial charge in [0.25, 0.3) is 0 Å². The number of carbonyl (C=O) groups is 1. The minimum Gasteiger partial charge on any atom is -0.384 e. The van der Waals surface area contributed by atoms with Crippen molar-refractivity contribution in [1.29, 1.82) is 0 Å². The molecule has 172 valence electrons. The highest BCUT2D eigenvalue weighted by atomic mass is 32.3. The fraction of sp³-hybridized carbons (Fsp3) is 0.409. The Bertz CT molecular complexity index is 1160. The standard InChI is InChI=1S/C22H26F2N4O3S/c1-3-25-19-11-14(23)10-18-20(19)27-21(29)22(18,2)28-9-5-7-16(13-28)26-15-6-4-8-17(12-15)32(24,30)31/h4,6,8,10-12,16,25-26H,3,5,7,9,13H2,1-2H3,(H,27,29)/t16?,22-/m1/s1. The van der Waals surface area contributed by atoms with Gasteiger partial charge in [-0.2, -0.15) is 8.42 Å². The third-order valence-corrected chi connectivity index (χ3v) is 7.03. The maximum Gasteiger partial charge on any atom is 0.332 e. The third-order valence-electron chi connectivity index (χ3n) is 6.22. The number of hydrogen-bond acceptors (Lipinski definition) is 6. The first-order chi connectivity index (χ1) is 15.1. The molecule has 2 heterocycles. The number of anilines is 3. The van der Waals surface area contributed by atoms with Gasteiger partial charge in [-0.25, -0.2) is 4.39 Å². The summed E-state index contributed by atoms with van der Waals surface area (Å²) in [4.78, 5) is 14.7. The van der Waals surface area contributed by atoms with Crippen LogP contribution in [-0.2, 0) is 20.6 Å². The van der Waals surface area contributed by atoms with Crippen molar-refractivity contribution in [2.45, 2.75) is 43.2 Å². The predicted octanol–water partition coefficient (Wildman–Crippen LogP) is 3.66. The molecule has 2 aromatic carbocycles. The molecule has 0 aliphatic carbocycles. The Kier molecular flexibility index (Phi) is 5.85. The van der Waals surface area contributed by atoms with Crippen LogP contribution in [0.15, 0.2) is 41.3 Å². The van der Waals surface area contributed by atoms with Crippen molar-refractivity contribution in [1.82, 2.24) is 4.90 Å². The summed E-state index contributed by atoms with van der Waals surface area (Å²) in [7, 11) is -4.80. The van der Waals surface area contributed by atoms with Gasteiger partial charge < -0.3 is 16.0 Å². The van der Waals surface area contributed by atoms with Crippen molar-refractivity contribution in [3.63, 3.8) is 0 Å². The lowest BCUT2D eigenvalue weighted by molar-refractivity contribution is -0.127. The van der Waals surface area contributed by atoms with Crippen LogP contribution in [0, 0.1) is 5.82 Å². The summed E-state index contributed by atoms with van der Waals surface area (Å²) in [6, 6.07) is 8.28. The Morgan fingerprint density at radius 2 is 2.06 bits per heavy atom. The van der Waals surface area contributed by atoms with E-state index in [-0.39, 0.29) is 11.9 Å². The first-order valence-electron chi connectivity index (χ1n) is 10.6. The van der Waals surface area contributed by atoms with E-state index < -0.39 is 26.5 Å². The molecule has 3 N–H and O–H groups in total. The van der Waals surface area contributed by atoms with E-state index in [0.717, 1.165) is 12.8 Å². The Morgan fingerprint density at radius 1 is 1.28 bits per heavy atom. The Balaban J connectivity index is 1.60. The molecule has 2 aliphatic heterocycles. The lowest BCUT2D eigenvalue weighted by atomic mass is 9.88. The Morgan fingerprint density at radius 3 is 2.78 bits per heavy atom. The summed E-state index contributed by atoms with van der Waals surface area (Å²) >= 11 is 0.